The largest absolute Gasteiger partial charge is 0.468 e. The molecule has 32 heavy (non-hydrogen) atoms. The lowest BCUT2D eigenvalue weighted by Crippen LogP contribution is -2.22. The van der Waals surface area contributed by atoms with Crippen molar-refractivity contribution in [1.82, 2.24) is 9.97 Å². The number of nitrogens with one attached hydrogen (secondary N) is 1. The molecule has 0 unspecified atom stereocenters. The maximum Gasteiger partial charge on any atom is 0.422 e. The van der Waals surface area contributed by atoms with E-state index in [0.717, 1.165) is 12.1 Å². The third-order valence-corrected chi connectivity index (χ3v) is 3.31. The Morgan fingerprint density at radius 2 is 1.28 bits per heavy atom. The molecule has 0 bridgehead atoms. The molecule has 1 heterocycles. The van der Waals surface area contributed by atoms with Crippen LogP contribution in [0.5, 0.6) is 11.8 Å². The highest BCUT2D eigenvalue weighted by Gasteiger charge is 2.31. The monoisotopic (exact) mass is 477 g/mol. The Morgan fingerprint density at radius 3 is 1.69 bits per heavy atom. The van der Waals surface area contributed by atoms with Gasteiger partial charge in [-0.25, -0.2) is 0 Å². The van der Waals surface area contributed by atoms with Gasteiger partial charge in [-0.05, 0) is 24.3 Å². The zero-order valence-corrected chi connectivity index (χ0v) is 15.5. The molecule has 0 radical (unpaired) electrons. The Bertz CT molecular complexity index is 890. The van der Waals surface area contributed by atoms with Crippen LogP contribution in [0.2, 0.25) is 0 Å². The molecule has 2 aromatic rings. The van der Waals surface area contributed by atoms with Crippen LogP contribution < -0.4 is 14.8 Å². The number of hydrogen-bond acceptors (Lipinski definition) is 5. The molecule has 1 amide bonds. The fourth-order valence-electron chi connectivity index (χ4n) is 2.08. The van der Waals surface area contributed by atoms with Crippen LogP contribution in [-0.2, 0) is 17.4 Å². The van der Waals surface area contributed by atoms with Gasteiger partial charge in [-0.1, -0.05) is 0 Å². The van der Waals surface area contributed by atoms with E-state index in [0.29, 0.717) is 18.2 Å². The highest BCUT2D eigenvalue weighted by molar-refractivity contribution is 5.91. The van der Waals surface area contributed by atoms with Crippen molar-refractivity contribution in [3.8, 4) is 11.8 Å². The molecule has 176 valence electrons. The summed E-state index contributed by atoms with van der Waals surface area (Å²) >= 11 is 0. The Balaban J connectivity index is 2.14. The van der Waals surface area contributed by atoms with Crippen LogP contribution in [0.15, 0.2) is 30.3 Å². The number of carbonyl (C=O) groups excluding carboxylic acids is 1. The molecule has 0 atom stereocenters. The van der Waals surface area contributed by atoms with E-state index in [1.807, 2.05) is 0 Å². The Hall–Kier alpha value is -3.26. The number of alkyl halides is 9. The predicted molar refractivity (Wildman–Crippen MR) is 88.9 cm³/mol. The molecule has 2 rings (SSSR count). The summed E-state index contributed by atoms with van der Waals surface area (Å²) in [4.78, 5) is 19.1. The van der Waals surface area contributed by atoms with E-state index in [9.17, 15) is 44.3 Å². The van der Waals surface area contributed by atoms with Gasteiger partial charge in [-0.2, -0.15) is 49.5 Å². The zero-order valence-electron chi connectivity index (χ0n) is 15.5. The van der Waals surface area contributed by atoms with E-state index in [1.165, 1.54) is 0 Å². The summed E-state index contributed by atoms with van der Waals surface area (Å²) in [6.07, 6.45) is -14.9. The van der Waals surface area contributed by atoms with Crippen LogP contribution in [0, 0.1) is 0 Å². The fraction of sp³-hybridized carbons (Fsp3) is 0.353. The molecule has 0 spiro atoms. The maximum atomic E-state index is 12.5. The molecule has 0 saturated carbocycles. The first-order chi connectivity index (χ1) is 14.6. The van der Waals surface area contributed by atoms with Gasteiger partial charge in [-0.15, -0.1) is 0 Å². The SMILES string of the molecule is O=C(Cc1nc(OCC(F)(F)F)cc(OCC(F)(F)F)n1)Nc1ccc(C(F)(F)F)cc1. The van der Waals surface area contributed by atoms with E-state index in [4.69, 9.17) is 0 Å². The number of aromatic nitrogens is 2. The van der Waals surface area contributed by atoms with Crippen molar-refractivity contribution in [3.63, 3.8) is 0 Å². The Labute approximate surface area is 173 Å². The number of halogens is 9. The summed E-state index contributed by atoms with van der Waals surface area (Å²) in [6.45, 7) is -3.64. The molecular weight excluding hydrogens is 465 g/mol. The molecule has 1 aromatic carbocycles. The van der Waals surface area contributed by atoms with Crippen LogP contribution in [0.1, 0.15) is 11.4 Å². The average Bonchev–Trinajstić information content (AvgIpc) is 2.63. The fourth-order valence-corrected chi connectivity index (χ4v) is 2.08. The topological polar surface area (TPSA) is 73.3 Å². The predicted octanol–water partition coefficient (Wildman–Crippen LogP) is 4.56. The van der Waals surface area contributed by atoms with Gasteiger partial charge in [-0.3, -0.25) is 4.79 Å². The average molecular weight is 477 g/mol. The Morgan fingerprint density at radius 1 is 0.812 bits per heavy atom. The molecule has 0 aliphatic carbocycles. The lowest BCUT2D eigenvalue weighted by atomic mass is 10.2. The van der Waals surface area contributed by atoms with Crippen molar-refractivity contribution in [2.75, 3.05) is 18.5 Å². The van der Waals surface area contributed by atoms with Crippen LogP contribution >= 0.6 is 0 Å². The smallest absolute Gasteiger partial charge is 0.422 e. The van der Waals surface area contributed by atoms with Gasteiger partial charge in [0.1, 0.15) is 5.82 Å². The van der Waals surface area contributed by atoms with Crippen molar-refractivity contribution in [2.45, 2.75) is 24.9 Å². The molecule has 15 heteroatoms. The Kier molecular flexibility index (Phi) is 7.41. The van der Waals surface area contributed by atoms with E-state index in [2.05, 4.69) is 24.8 Å². The van der Waals surface area contributed by atoms with Gasteiger partial charge >= 0.3 is 18.5 Å². The van der Waals surface area contributed by atoms with Gasteiger partial charge in [0.2, 0.25) is 17.7 Å². The van der Waals surface area contributed by atoms with Crippen LogP contribution in [0.4, 0.5) is 45.2 Å². The molecule has 0 aliphatic rings. The highest BCUT2D eigenvalue weighted by Crippen LogP contribution is 2.30. The number of benzene rings is 1. The molecule has 0 fully saturated rings. The molecule has 6 nitrogen and oxygen atoms in total. The number of rotatable bonds is 7. The zero-order chi connectivity index (χ0) is 24.2. The lowest BCUT2D eigenvalue weighted by Gasteiger charge is -2.13. The minimum Gasteiger partial charge on any atom is -0.468 e. The van der Waals surface area contributed by atoms with E-state index >= 15 is 0 Å². The van der Waals surface area contributed by atoms with Crippen molar-refractivity contribution < 1.29 is 53.8 Å². The number of nitrogens with zero attached hydrogens (tertiary/aromatic N) is 2. The second-order valence-electron chi connectivity index (χ2n) is 6.07. The number of hydrogen-bond donors (Lipinski definition) is 1. The van der Waals surface area contributed by atoms with Gasteiger partial charge in [0.25, 0.3) is 0 Å². The third-order valence-electron chi connectivity index (χ3n) is 3.31. The molecule has 0 saturated heterocycles. The second kappa shape index (κ2) is 9.48. The summed E-state index contributed by atoms with van der Waals surface area (Å²) < 4.78 is 120. The maximum absolute atomic E-state index is 12.5. The summed E-state index contributed by atoms with van der Waals surface area (Å²) in [5.41, 5.74) is -1.03. The molecular formula is C17H12F9N3O3. The van der Waals surface area contributed by atoms with Crippen molar-refractivity contribution in [3.05, 3.63) is 41.7 Å². The van der Waals surface area contributed by atoms with Crippen molar-refractivity contribution in [2.24, 2.45) is 0 Å². The highest BCUT2D eigenvalue weighted by atomic mass is 19.4. The van der Waals surface area contributed by atoms with E-state index in [1.54, 1.807) is 0 Å². The van der Waals surface area contributed by atoms with Crippen LogP contribution in [0.25, 0.3) is 0 Å². The summed E-state index contributed by atoms with van der Waals surface area (Å²) in [6, 6.07) is 3.86. The van der Waals surface area contributed by atoms with Gasteiger partial charge in [0.15, 0.2) is 13.2 Å². The van der Waals surface area contributed by atoms with E-state index in [-0.39, 0.29) is 5.69 Å². The molecule has 1 N–H and O–H groups in total. The van der Waals surface area contributed by atoms with E-state index < -0.39 is 67.2 Å². The lowest BCUT2D eigenvalue weighted by molar-refractivity contribution is -0.154. The van der Waals surface area contributed by atoms with Gasteiger partial charge < -0.3 is 14.8 Å². The quantitative estimate of drug-likeness (QED) is 0.593. The first-order valence-electron chi connectivity index (χ1n) is 8.35. The number of ether oxygens (including phenoxy) is 2. The standard InChI is InChI=1S/C17H12F9N3O3/c18-15(19,20)7-31-13-6-14(32-8-16(21,22)23)29-11(28-13)5-12(30)27-10-3-1-9(2-4-10)17(24,25)26/h1-4,6H,5,7-8H2,(H,27,30). The van der Waals surface area contributed by atoms with Gasteiger partial charge in [0, 0.05) is 5.69 Å². The molecule has 1 aromatic heterocycles. The molecule has 0 aliphatic heterocycles. The number of amides is 1. The summed E-state index contributed by atoms with van der Waals surface area (Å²) in [7, 11) is 0. The number of anilines is 1. The van der Waals surface area contributed by atoms with Crippen LogP contribution in [-0.4, -0.2) is 41.4 Å². The first-order valence-corrected chi connectivity index (χ1v) is 8.35. The minimum atomic E-state index is -4.78. The summed E-state index contributed by atoms with van der Waals surface area (Å²) in [5.74, 6) is -3.07. The minimum absolute atomic E-state index is 0.0546. The summed E-state index contributed by atoms with van der Waals surface area (Å²) in [5, 5.41) is 2.19. The number of carbonyl (C=O) groups is 1. The third kappa shape index (κ3) is 8.85. The van der Waals surface area contributed by atoms with Gasteiger partial charge in [0.05, 0.1) is 18.1 Å². The normalized spacial score (nSPS) is 12.4. The second-order valence-corrected chi connectivity index (χ2v) is 6.07. The van der Waals surface area contributed by atoms with Crippen LogP contribution in [0.3, 0.4) is 0 Å². The van der Waals surface area contributed by atoms with Crippen molar-refractivity contribution in [1.29, 1.82) is 0 Å². The van der Waals surface area contributed by atoms with Crippen molar-refractivity contribution >= 4 is 11.6 Å². The first kappa shape index (κ1) is 25.0.